The van der Waals surface area contributed by atoms with Crippen LogP contribution < -0.4 is 10.6 Å². The SMILES string of the molecule is CN=C(NCCN1CCCCC1)NCCS(=O)C(C)(C)C. The van der Waals surface area contributed by atoms with Gasteiger partial charge in [-0.15, -0.1) is 0 Å². The standard InChI is InChI=1S/C15H32N4OS/c1-15(2,3)21(20)13-9-18-14(16-4)17-8-12-19-10-6-5-7-11-19/h5-13H2,1-4H3,(H2,16,17,18). The van der Waals surface area contributed by atoms with E-state index in [1.165, 1.54) is 32.4 Å². The summed E-state index contributed by atoms with van der Waals surface area (Å²) < 4.78 is 11.8. The van der Waals surface area contributed by atoms with Crippen LogP contribution in [0.4, 0.5) is 0 Å². The third kappa shape index (κ3) is 7.81. The highest BCUT2D eigenvalue weighted by molar-refractivity contribution is 7.86. The Hall–Kier alpha value is -0.620. The van der Waals surface area contributed by atoms with Crippen LogP contribution in [0.3, 0.4) is 0 Å². The Bertz CT molecular complexity index is 346. The van der Waals surface area contributed by atoms with E-state index in [1.807, 2.05) is 20.8 Å². The Morgan fingerprint density at radius 1 is 1.14 bits per heavy atom. The quantitative estimate of drug-likeness (QED) is 0.571. The second kappa shape index (κ2) is 9.41. The van der Waals surface area contributed by atoms with Crippen molar-refractivity contribution in [1.82, 2.24) is 15.5 Å². The van der Waals surface area contributed by atoms with Gasteiger partial charge in [0.25, 0.3) is 0 Å². The molecule has 5 nitrogen and oxygen atoms in total. The predicted molar refractivity (Wildman–Crippen MR) is 92.4 cm³/mol. The van der Waals surface area contributed by atoms with E-state index in [2.05, 4.69) is 20.5 Å². The average Bonchev–Trinajstić information content (AvgIpc) is 2.45. The molecule has 21 heavy (non-hydrogen) atoms. The normalized spacial score (nSPS) is 19.3. The molecule has 1 unspecified atom stereocenters. The third-order valence-electron chi connectivity index (χ3n) is 3.66. The monoisotopic (exact) mass is 316 g/mol. The van der Waals surface area contributed by atoms with E-state index in [0.29, 0.717) is 12.3 Å². The first kappa shape index (κ1) is 18.4. The van der Waals surface area contributed by atoms with Crippen LogP contribution in [-0.4, -0.2) is 65.3 Å². The number of hydrogen-bond donors (Lipinski definition) is 2. The van der Waals surface area contributed by atoms with Crippen LogP contribution in [0, 0.1) is 0 Å². The van der Waals surface area contributed by atoms with E-state index < -0.39 is 10.8 Å². The van der Waals surface area contributed by atoms with E-state index in [0.717, 1.165) is 19.0 Å². The van der Waals surface area contributed by atoms with Crippen molar-refractivity contribution in [3.05, 3.63) is 0 Å². The lowest BCUT2D eigenvalue weighted by molar-refractivity contribution is 0.232. The fourth-order valence-electron chi connectivity index (χ4n) is 2.30. The summed E-state index contributed by atoms with van der Waals surface area (Å²) in [4.78, 5) is 6.71. The van der Waals surface area contributed by atoms with Crippen LogP contribution in [0.25, 0.3) is 0 Å². The molecule has 1 saturated heterocycles. The number of piperidine rings is 1. The summed E-state index contributed by atoms with van der Waals surface area (Å²) >= 11 is 0. The topological polar surface area (TPSA) is 56.7 Å². The highest BCUT2D eigenvalue weighted by Gasteiger charge is 2.18. The molecule has 0 aromatic rings. The van der Waals surface area contributed by atoms with Crippen LogP contribution in [0.15, 0.2) is 4.99 Å². The van der Waals surface area contributed by atoms with Crippen molar-refractivity contribution in [2.24, 2.45) is 4.99 Å². The van der Waals surface area contributed by atoms with Gasteiger partial charge in [-0.25, -0.2) is 0 Å². The molecule has 124 valence electrons. The van der Waals surface area contributed by atoms with Gasteiger partial charge >= 0.3 is 0 Å². The molecule has 0 spiro atoms. The minimum atomic E-state index is -0.819. The van der Waals surface area contributed by atoms with E-state index >= 15 is 0 Å². The zero-order valence-corrected chi connectivity index (χ0v) is 14.9. The van der Waals surface area contributed by atoms with Gasteiger partial charge in [0, 0.05) is 48.0 Å². The maximum absolute atomic E-state index is 12.0. The summed E-state index contributed by atoms with van der Waals surface area (Å²) in [5.74, 6) is 1.45. The number of hydrogen-bond acceptors (Lipinski definition) is 3. The molecule has 0 aromatic heterocycles. The Morgan fingerprint density at radius 2 is 1.76 bits per heavy atom. The van der Waals surface area contributed by atoms with Gasteiger partial charge in [0.05, 0.1) is 0 Å². The third-order valence-corrected chi connectivity index (χ3v) is 5.60. The Balaban J connectivity index is 2.15. The number of nitrogens with one attached hydrogen (secondary N) is 2. The van der Waals surface area contributed by atoms with E-state index in [-0.39, 0.29) is 4.75 Å². The van der Waals surface area contributed by atoms with Gasteiger partial charge in [0.2, 0.25) is 0 Å². The molecule has 0 saturated carbocycles. The van der Waals surface area contributed by atoms with Gasteiger partial charge in [-0.2, -0.15) is 0 Å². The van der Waals surface area contributed by atoms with Gasteiger partial charge < -0.3 is 15.5 Å². The smallest absolute Gasteiger partial charge is 0.191 e. The lowest BCUT2D eigenvalue weighted by Gasteiger charge is -2.26. The van der Waals surface area contributed by atoms with Gasteiger partial charge in [-0.3, -0.25) is 9.20 Å². The number of guanidine groups is 1. The summed E-state index contributed by atoms with van der Waals surface area (Å²) in [6.07, 6.45) is 4.02. The maximum Gasteiger partial charge on any atom is 0.191 e. The van der Waals surface area contributed by atoms with Gasteiger partial charge in [-0.05, 0) is 46.7 Å². The van der Waals surface area contributed by atoms with Crippen molar-refractivity contribution in [2.75, 3.05) is 45.5 Å². The number of rotatable bonds is 6. The fraction of sp³-hybridized carbons (Fsp3) is 0.933. The lowest BCUT2D eigenvalue weighted by atomic mass is 10.1. The van der Waals surface area contributed by atoms with E-state index in [9.17, 15) is 4.21 Å². The summed E-state index contributed by atoms with van der Waals surface area (Å²) in [6, 6.07) is 0. The number of nitrogens with zero attached hydrogens (tertiary/aromatic N) is 2. The number of likely N-dealkylation sites (tertiary alicyclic amines) is 1. The summed E-state index contributed by atoms with van der Waals surface area (Å²) in [6.45, 7) is 11.1. The van der Waals surface area contributed by atoms with Gasteiger partial charge in [0.1, 0.15) is 0 Å². The Morgan fingerprint density at radius 3 is 2.33 bits per heavy atom. The average molecular weight is 317 g/mol. The van der Waals surface area contributed by atoms with E-state index in [1.54, 1.807) is 7.05 Å². The Kier molecular flexibility index (Phi) is 8.26. The molecule has 2 N–H and O–H groups in total. The molecule has 1 aliphatic rings. The molecule has 1 fully saturated rings. The molecular formula is C15H32N4OS. The molecule has 0 bridgehead atoms. The molecule has 1 atom stereocenters. The summed E-state index contributed by atoms with van der Waals surface area (Å²) in [5.41, 5.74) is 0. The van der Waals surface area contributed by atoms with Crippen LogP contribution in [-0.2, 0) is 10.8 Å². The maximum atomic E-state index is 12.0. The zero-order valence-electron chi connectivity index (χ0n) is 14.1. The molecular weight excluding hydrogens is 284 g/mol. The first-order valence-corrected chi connectivity index (χ1v) is 9.31. The largest absolute Gasteiger partial charge is 0.355 e. The minimum Gasteiger partial charge on any atom is -0.355 e. The van der Waals surface area contributed by atoms with Gasteiger partial charge in [-0.1, -0.05) is 6.42 Å². The molecule has 1 heterocycles. The van der Waals surface area contributed by atoms with Crippen molar-refractivity contribution in [3.8, 4) is 0 Å². The molecule has 1 aliphatic heterocycles. The van der Waals surface area contributed by atoms with Crippen molar-refractivity contribution < 1.29 is 4.21 Å². The second-order valence-electron chi connectivity index (χ2n) is 6.49. The second-order valence-corrected chi connectivity index (χ2v) is 8.81. The van der Waals surface area contributed by atoms with Crippen LogP contribution in [0.2, 0.25) is 0 Å². The summed E-state index contributed by atoms with van der Waals surface area (Å²) in [5, 5.41) is 6.56. The molecule has 0 aliphatic carbocycles. The van der Waals surface area contributed by atoms with Crippen molar-refractivity contribution in [3.63, 3.8) is 0 Å². The highest BCUT2D eigenvalue weighted by atomic mass is 32.2. The molecule has 0 amide bonds. The van der Waals surface area contributed by atoms with Crippen LogP contribution >= 0.6 is 0 Å². The van der Waals surface area contributed by atoms with Crippen LogP contribution in [0.1, 0.15) is 40.0 Å². The van der Waals surface area contributed by atoms with Crippen molar-refractivity contribution in [2.45, 2.75) is 44.8 Å². The van der Waals surface area contributed by atoms with Crippen LogP contribution in [0.5, 0.6) is 0 Å². The van der Waals surface area contributed by atoms with Gasteiger partial charge in [0.15, 0.2) is 5.96 Å². The predicted octanol–water partition coefficient (Wildman–Crippen LogP) is 1.18. The lowest BCUT2D eigenvalue weighted by Crippen LogP contribution is -2.44. The molecule has 0 aromatic carbocycles. The molecule has 6 heteroatoms. The van der Waals surface area contributed by atoms with Crippen molar-refractivity contribution >= 4 is 16.8 Å². The molecule has 0 radical (unpaired) electrons. The summed E-state index contributed by atoms with van der Waals surface area (Å²) in [7, 11) is 0.956. The molecule has 1 rings (SSSR count). The first-order chi connectivity index (χ1) is 9.93. The highest BCUT2D eigenvalue weighted by Crippen LogP contribution is 2.10. The van der Waals surface area contributed by atoms with E-state index in [4.69, 9.17) is 0 Å². The minimum absolute atomic E-state index is 0.146. The Labute approximate surface area is 132 Å². The zero-order chi connectivity index (χ0) is 15.7. The fourth-order valence-corrected chi connectivity index (χ4v) is 3.20. The van der Waals surface area contributed by atoms with Crippen molar-refractivity contribution in [1.29, 1.82) is 0 Å². The first-order valence-electron chi connectivity index (χ1n) is 7.99. The number of aliphatic imine (C=N–C) groups is 1.